The zero-order valence-corrected chi connectivity index (χ0v) is 10.3. The minimum Gasteiger partial charge on any atom is -0.463 e. The van der Waals surface area contributed by atoms with Gasteiger partial charge in [-0.25, -0.2) is 4.98 Å². The van der Waals surface area contributed by atoms with Crippen molar-refractivity contribution < 1.29 is 4.42 Å². The summed E-state index contributed by atoms with van der Waals surface area (Å²) in [6.07, 6.45) is 2.52. The van der Waals surface area contributed by atoms with Crippen LogP contribution in [0.25, 0.3) is 16.4 Å². The molecule has 0 saturated heterocycles. The molecular weight excluding hydrogens is 234 g/mol. The van der Waals surface area contributed by atoms with Gasteiger partial charge in [0.25, 0.3) is 0 Å². The van der Waals surface area contributed by atoms with Crippen molar-refractivity contribution in [3.8, 4) is 11.5 Å². The smallest absolute Gasteiger partial charge is 0.194 e. The van der Waals surface area contributed by atoms with Gasteiger partial charge in [-0.2, -0.15) is 0 Å². The van der Waals surface area contributed by atoms with Crippen LogP contribution >= 0.6 is 11.3 Å². The number of thiazole rings is 1. The van der Waals surface area contributed by atoms with Crippen LogP contribution in [0.3, 0.4) is 0 Å². The van der Waals surface area contributed by atoms with Crippen molar-refractivity contribution in [3.05, 3.63) is 35.2 Å². The lowest BCUT2D eigenvalue weighted by Gasteiger charge is -2.01. The maximum atomic E-state index is 5.66. The van der Waals surface area contributed by atoms with E-state index in [2.05, 4.69) is 14.8 Å². The Hall–Kier alpha value is -1.59. The summed E-state index contributed by atoms with van der Waals surface area (Å²) in [4.78, 5) is 5.54. The van der Waals surface area contributed by atoms with Gasteiger partial charge in [0.05, 0.1) is 12.0 Å². The minimum atomic E-state index is 0.627. The molecule has 3 aromatic rings. The fraction of sp³-hybridized carbons (Fsp3) is 0.250. The number of nitrogens with two attached hydrogens (primary N) is 1. The fourth-order valence-corrected chi connectivity index (χ4v) is 2.99. The van der Waals surface area contributed by atoms with Crippen molar-refractivity contribution in [3.63, 3.8) is 0 Å². The molecule has 0 aromatic carbocycles. The molecule has 0 fully saturated rings. The predicted octanol–water partition coefficient (Wildman–Crippen LogP) is 2.47. The monoisotopic (exact) mass is 247 g/mol. The molecule has 0 bridgehead atoms. The van der Waals surface area contributed by atoms with Gasteiger partial charge in [-0.15, -0.1) is 11.3 Å². The SMILES string of the molecule is Cc1nc2scc(-c3ccco3)n2c1CCN. The molecule has 0 aliphatic carbocycles. The molecule has 88 valence electrons. The average Bonchev–Trinajstić information content (AvgIpc) is 2.97. The van der Waals surface area contributed by atoms with Crippen LogP contribution in [0.15, 0.2) is 28.2 Å². The lowest BCUT2D eigenvalue weighted by atomic mass is 10.2. The Kier molecular flexibility index (Phi) is 2.49. The maximum Gasteiger partial charge on any atom is 0.194 e. The van der Waals surface area contributed by atoms with Crippen LogP contribution in [-0.2, 0) is 6.42 Å². The van der Waals surface area contributed by atoms with E-state index in [9.17, 15) is 0 Å². The first kappa shape index (κ1) is 10.6. The summed E-state index contributed by atoms with van der Waals surface area (Å²) in [6, 6.07) is 3.86. The van der Waals surface area contributed by atoms with Gasteiger partial charge in [0.15, 0.2) is 10.7 Å². The first-order chi connectivity index (χ1) is 8.31. The van der Waals surface area contributed by atoms with Crippen LogP contribution in [0.4, 0.5) is 0 Å². The molecule has 0 amide bonds. The summed E-state index contributed by atoms with van der Waals surface area (Å²) in [5, 5.41) is 2.07. The van der Waals surface area contributed by atoms with E-state index in [1.807, 2.05) is 19.1 Å². The van der Waals surface area contributed by atoms with E-state index in [0.717, 1.165) is 28.5 Å². The van der Waals surface area contributed by atoms with Gasteiger partial charge in [0.1, 0.15) is 5.69 Å². The zero-order valence-electron chi connectivity index (χ0n) is 9.51. The highest BCUT2D eigenvalue weighted by molar-refractivity contribution is 7.15. The number of nitrogens with zero attached hydrogens (tertiary/aromatic N) is 2. The van der Waals surface area contributed by atoms with Gasteiger partial charge in [-0.1, -0.05) is 0 Å². The molecule has 3 rings (SSSR count). The fourth-order valence-electron chi connectivity index (χ4n) is 2.05. The van der Waals surface area contributed by atoms with E-state index in [4.69, 9.17) is 10.2 Å². The Morgan fingerprint density at radius 2 is 2.41 bits per heavy atom. The molecule has 0 unspecified atom stereocenters. The molecule has 0 atom stereocenters. The number of fused-ring (bicyclic) bond motifs is 1. The first-order valence-electron chi connectivity index (χ1n) is 5.50. The third kappa shape index (κ3) is 1.59. The Morgan fingerprint density at radius 1 is 1.53 bits per heavy atom. The summed E-state index contributed by atoms with van der Waals surface area (Å²) in [5.41, 5.74) is 8.94. The first-order valence-corrected chi connectivity index (χ1v) is 6.38. The molecule has 3 heterocycles. The van der Waals surface area contributed by atoms with Crippen molar-refractivity contribution >= 4 is 16.3 Å². The highest BCUT2D eigenvalue weighted by atomic mass is 32.1. The highest BCUT2D eigenvalue weighted by Gasteiger charge is 2.15. The van der Waals surface area contributed by atoms with Crippen LogP contribution in [0.2, 0.25) is 0 Å². The van der Waals surface area contributed by atoms with Gasteiger partial charge in [-0.3, -0.25) is 4.40 Å². The second-order valence-electron chi connectivity index (χ2n) is 3.90. The Balaban J connectivity index is 2.26. The molecule has 0 aliphatic rings. The van der Waals surface area contributed by atoms with Crippen LogP contribution in [0.1, 0.15) is 11.4 Å². The second kappa shape index (κ2) is 4.01. The largest absolute Gasteiger partial charge is 0.463 e. The lowest BCUT2D eigenvalue weighted by Crippen LogP contribution is -2.06. The van der Waals surface area contributed by atoms with E-state index in [0.29, 0.717) is 6.54 Å². The van der Waals surface area contributed by atoms with Crippen molar-refractivity contribution in [1.82, 2.24) is 9.38 Å². The molecule has 2 N–H and O–H groups in total. The normalized spacial score (nSPS) is 11.4. The predicted molar refractivity (Wildman–Crippen MR) is 68.3 cm³/mol. The summed E-state index contributed by atoms with van der Waals surface area (Å²) < 4.78 is 7.60. The molecule has 0 aliphatic heterocycles. The molecule has 5 heteroatoms. The molecular formula is C12H13N3OS. The second-order valence-corrected chi connectivity index (χ2v) is 4.74. The molecule has 4 nitrogen and oxygen atoms in total. The van der Waals surface area contributed by atoms with Gasteiger partial charge < -0.3 is 10.2 Å². The standard InChI is InChI=1S/C12H13N3OS/c1-8-9(4-5-13)15-10(7-17-12(15)14-8)11-3-2-6-16-11/h2-3,6-7H,4-5,13H2,1H3. The molecule has 0 radical (unpaired) electrons. The molecule has 0 saturated carbocycles. The molecule has 3 aromatic heterocycles. The van der Waals surface area contributed by atoms with Gasteiger partial charge in [-0.05, 0) is 25.6 Å². The number of hydrogen-bond acceptors (Lipinski definition) is 4. The van der Waals surface area contributed by atoms with Crippen molar-refractivity contribution in [2.45, 2.75) is 13.3 Å². The number of rotatable bonds is 3. The Morgan fingerprint density at radius 3 is 3.12 bits per heavy atom. The van der Waals surface area contributed by atoms with E-state index in [-0.39, 0.29) is 0 Å². The zero-order chi connectivity index (χ0) is 11.8. The summed E-state index contributed by atoms with van der Waals surface area (Å²) in [5.74, 6) is 0.868. The summed E-state index contributed by atoms with van der Waals surface area (Å²) in [6.45, 7) is 2.65. The highest BCUT2D eigenvalue weighted by Crippen LogP contribution is 2.29. The number of hydrogen-bond donors (Lipinski definition) is 1. The number of furan rings is 1. The summed E-state index contributed by atoms with van der Waals surface area (Å²) >= 11 is 1.62. The third-order valence-corrected chi connectivity index (χ3v) is 3.64. The molecule has 0 spiro atoms. The maximum absolute atomic E-state index is 5.66. The Bertz CT molecular complexity index is 636. The summed E-state index contributed by atoms with van der Waals surface area (Å²) in [7, 11) is 0. The van der Waals surface area contributed by atoms with Crippen LogP contribution < -0.4 is 5.73 Å². The van der Waals surface area contributed by atoms with Gasteiger partial charge >= 0.3 is 0 Å². The minimum absolute atomic E-state index is 0.627. The van der Waals surface area contributed by atoms with Gasteiger partial charge in [0, 0.05) is 17.5 Å². The average molecular weight is 247 g/mol. The van der Waals surface area contributed by atoms with Gasteiger partial charge in [0.2, 0.25) is 0 Å². The van der Waals surface area contributed by atoms with Crippen LogP contribution in [0, 0.1) is 6.92 Å². The number of aromatic nitrogens is 2. The lowest BCUT2D eigenvalue weighted by molar-refractivity contribution is 0.579. The Labute approximate surface area is 103 Å². The van der Waals surface area contributed by atoms with E-state index in [1.54, 1.807) is 17.6 Å². The van der Waals surface area contributed by atoms with Crippen molar-refractivity contribution in [2.24, 2.45) is 5.73 Å². The van der Waals surface area contributed by atoms with Crippen molar-refractivity contribution in [1.29, 1.82) is 0 Å². The third-order valence-electron chi connectivity index (χ3n) is 2.81. The van der Waals surface area contributed by atoms with E-state index in [1.165, 1.54) is 5.69 Å². The topological polar surface area (TPSA) is 56.5 Å². The van der Waals surface area contributed by atoms with Crippen LogP contribution in [-0.4, -0.2) is 15.9 Å². The van der Waals surface area contributed by atoms with Crippen molar-refractivity contribution in [2.75, 3.05) is 6.54 Å². The molecule has 17 heavy (non-hydrogen) atoms. The van der Waals surface area contributed by atoms with Crippen LogP contribution in [0.5, 0.6) is 0 Å². The van der Waals surface area contributed by atoms with E-state index < -0.39 is 0 Å². The number of aryl methyl sites for hydroxylation is 1. The van der Waals surface area contributed by atoms with E-state index >= 15 is 0 Å². The quantitative estimate of drug-likeness (QED) is 0.773. The number of imidazole rings is 1.